The molecule has 1 N–H and O–H groups in total. The van der Waals surface area contributed by atoms with Crippen molar-refractivity contribution in [3.8, 4) is 0 Å². The van der Waals surface area contributed by atoms with Gasteiger partial charge in [-0.2, -0.15) is 5.48 Å². The van der Waals surface area contributed by atoms with Crippen LogP contribution >= 0.6 is 0 Å². The van der Waals surface area contributed by atoms with Gasteiger partial charge in [0, 0.05) is 20.3 Å². The molecule has 1 saturated carbocycles. The van der Waals surface area contributed by atoms with Crippen LogP contribution in [0.3, 0.4) is 0 Å². The molecule has 4 nitrogen and oxygen atoms in total. The Hall–Kier alpha value is -0.160. The van der Waals surface area contributed by atoms with E-state index in [1.807, 2.05) is 0 Å². The molecule has 0 saturated heterocycles. The average molecular weight is 175 g/mol. The topological polar surface area (TPSA) is 39.7 Å². The fourth-order valence-electron chi connectivity index (χ4n) is 1.16. The summed E-state index contributed by atoms with van der Waals surface area (Å²) >= 11 is 0. The zero-order chi connectivity index (χ0) is 8.81. The first kappa shape index (κ1) is 9.92. The van der Waals surface area contributed by atoms with Gasteiger partial charge in [-0.25, -0.2) is 0 Å². The molecule has 72 valence electrons. The molecule has 0 aliphatic heterocycles. The first-order valence-electron chi connectivity index (χ1n) is 4.26. The van der Waals surface area contributed by atoms with E-state index in [-0.39, 0.29) is 0 Å². The van der Waals surface area contributed by atoms with E-state index in [2.05, 4.69) is 5.48 Å². The van der Waals surface area contributed by atoms with E-state index in [1.165, 1.54) is 0 Å². The molecule has 0 heterocycles. The minimum Gasteiger partial charge on any atom is -0.382 e. The monoisotopic (exact) mass is 175 g/mol. The van der Waals surface area contributed by atoms with Gasteiger partial charge in [-0.15, -0.1) is 0 Å². The van der Waals surface area contributed by atoms with E-state index in [9.17, 15) is 0 Å². The summed E-state index contributed by atoms with van der Waals surface area (Å²) in [7, 11) is 3.40. The maximum atomic E-state index is 5.14. The van der Waals surface area contributed by atoms with Gasteiger partial charge < -0.3 is 9.47 Å². The summed E-state index contributed by atoms with van der Waals surface area (Å²) in [5, 5.41) is 0. The highest BCUT2D eigenvalue weighted by Crippen LogP contribution is 2.22. The molecule has 0 unspecified atom stereocenters. The van der Waals surface area contributed by atoms with Crippen LogP contribution in [0.1, 0.15) is 12.8 Å². The van der Waals surface area contributed by atoms with Crippen molar-refractivity contribution in [1.29, 1.82) is 0 Å². The predicted octanol–water partition coefficient (Wildman–Crippen LogP) is 0.331. The second-order valence-corrected chi connectivity index (χ2v) is 2.99. The summed E-state index contributed by atoms with van der Waals surface area (Å²) in [5.41, 5.74) is 2.96. The molecule has 12 heavy (non-hydrogen) atoms. The third-order valence-corrected chi connectivity index (χ3v) is 2.07. The first-order chi connectivity index (χ1) is 5.86. The van der Waals surface area contributed by atoms with Crippen molar-refractivity contribution in [2.45, 2.75) is 25.0 Å². The van der Waals surface area contributed by atoms with E-state index < -0.39 is 0 Å². The Bertz CT molecular complexity index is 115. The number of hydrogen-bond acceptors (Lipinski definition) is 4. The van der Waals surface area contributed by atoms with Crippen molar-refractivity contribution in [2.24, 2.45) is 0 Å². The maximum Gasteiger partial charge on any atom is 0.0915 e. The number of methoxy groups -OCH3 is 2. The minimum absolute atomic E-state index is 0.425. The van der Waals surface area contributed by atoms with Gasteiger partial charge in [0.05, 0.1) is 19.3 Å². The Morgan fingerprint density at radius 2 is 2.00 bits per heavy atom. The average Bonchev–Trinajstić information content (AvgIpc) is 2.01. The van der Waals surface area contributed by atoms with Crippen molar-refractivity contribution in [3.05, 3.63) is 0 Å². The lowest BCUT2D eigenvalue weighted by atomic mass is 9.90. The van der Waals surface area contributed by atoms with Crippen molar-refractivity contribution < 1.29 is 14.3 Å². The second kappa shape index (κ2) is 5.48. The van der Waals surface area contributed by atoms with E-state index in [0.29, 0.717) is 25.4 Å². The summed E-state index contributed by atoms with van der Waals surface area (Å²) in [4.78, 5) is 5.14. The fraction of sp³-hybridized carbons (Fsp3) is 1.00. The smallest absolute Gasteiger partial charge is 0.0915 e. The lowest BCUT2D eigenvalue weighted by molar-refractivity contribution is -0.0682. The molecular formula is C8H17NO3. The van der Waals surface area contributed by atoms with E-state index in [4.69, 9.17) is 14.3 Å². The SMILES string of the molecule is COCCONC1CC(OC)C1. The lowest BCUT2D eigenvalue weighted by Gasteiger charge is -2.34. The summed E-state index contributed by atoms with van der Waals surface area (Å²) < 4.78 is 9.95. The molecule has 0 aromatic heterocycles. The number of rotatable bonds is 6. The Labute approximate surface area is 73.1 Å². The summed E-state index contributed by atoms with van der Waals surface area (Å²) in [6, 6.07) is 0.465. The van der Waals surface area contributed by atoms with Gasteiger partial charge in [0.2, 0.25) is 0 Å². The van der Waals surface area contributed by atoms with Gasteiger partial charge in [0.1, 0.15) is 0 Å². The van der Waals surface area contributed by atoms with Crippen LogP contribution in [0.25, 0.3) is 0 Å². The molecule has 0 aromatic carbocycles. The van der Waals surface area contributed by atoms with Gasteiger partial charge in [-0.05, 0) is 12.8 Å². The summed E-state index contributed by atoms with van der Waals surface area (Å²) in [6.45, 7) is 1.23. The number of nitrogens with one attached hydrogen (secondary N) is 1. The molecule has 4 heteroatoms. The quantitative estimate of drug-likeness (QED) is 0.466. The zero-order valence-corrected chi connectivity index (χ0v) is 7.71. The van der Waals surface area contributed by atoms with Crippen molar-refractivity contribution >= 4 is 0 Å². The maximum absolute atomic E-state index is 5.14. The van der Waals surface area contributed by atoms with Crippen LogP contribution in [0.5, 0.6) is 0 Å². The van der Waals surface area contributed by atoms with Crippen LogP contribution in [-0.2, 0) is 14.3 Å². The van der Waals surface area contributed by atoms with Crippen molar-refractivity contribution in [1.82, 2.24) is 5.48 Å². The van der Waals surface area contributed by atoms with Crippen LogP contribution in [0.15, 0.2) is 0 Å². The summed E-state index contributed by atoms with van der Waals surface area (Å²) in [6.07, 6.45) is 2.51. The molecule has 0 amide bonds. The highest BCUT2D eigenvalue weighted by molar-refractivity contribution is 4.83. The van der Waals surface area contributed by atoms with E-state index in [0.717, 1.165) is 12.8 Å². The number of ether oxygens (including phenoxy) is 2. The third-order valence-electron chi connectivity index (χ3n) is 2.07. The van der Waals surface area contributed by atoms with Gasteiger partial charge in [0.15, 0.2) is 0 Å². The lowest BCUT2D eigenvalue weighted by Crippen LogP contribution is -2.45. The number of hydroxylamine groups is 1. The van der Waals surface area contributed by atoms with E-state index in [1.54, 1.807) is 14.2 Å². The van der Waals surface area contributed by atoms with Gasteiger partial charge in [-0.3, -0.25) is 4.84 Å². The van der Waals surface area contributed by atoms with Crippen LogP contribution in [0.2, 0.25) is 0 Å². The third kappa shape index (κ3) is 3.06. The fourth-order valence-corrected chi connectivity index (χ4v) is 1.16. The zero-order valence-electron chi connectivity index (χ0n) is 7.71. The molecule has 0 bridgehead atoms. The molecule has 0 atom stereocenters. The van der Waals surface area contributed by atoms with Crippen molar-refractivity contribution in [3.63, 3.8) is 0 Å². The van der Waals surface area contributed by atoms with Gasteiger partial charge in [0.25, 0.3) is 0 Å². The van der Waals surface area contributed by atoms with Crippen LogP contribution in [0.4, 0.5) is 0 Å². The first-order valence-corrected chi connectivity index (χ1v) is 4.26. The number of hydrogen-bond donors (Lipinski definition) is 1. The van der Waals surface area contributed by atoms with Crippen LogP contribution in [-0.4, -0.2) is 39.6 Å². The predicted molar refractivity (Wildman–Crippen MR) is 44.8 cm³/mol. The Balaban J connectivity index is 1.83. The van der Waals surface area contributed by atoms with Crippen molar-refractivity contribution in [2.75, 3.05) is 27.4 Å². The molecule has 1 fully saturated rings. The molecule has 0 spiro atoms. The largest absolute Gasteiger partial charge is 0.382 e. The molecule has 0 aromatic rings. The molecule has 0 radical (unpaired) electrons. The summed E-state index contributed by atoms with van der Waals surface area (Å²) in [5.74, 6) is 0. The Morgan fingerprint density at radius 1 is 1.25 bits per heavy atom. The van der Waals surface area contributed by atoms with Gasteiger partial charge in [-0.1, -0.05) is 0 Å². The van der Waals surface area contributed by atoms with E-state index >= 15 is 0 Å². The molecular weight excluding hydrogens is 158 g/mol. The van der Waals surface area contributed by atoms with Crippen LogP contribution < -0.4 is 5.48 Å². The molecule has 1 rings (SSSR count). The minimum atomic E-state index is 0.425. The molecule has 1 aliphatic rings. The highest BCUT2D eigenvalue weighted by Gasteiger charge is 2.28. The molecule has 1 aliphatic carbocycles. The standard InChI is InChI=1S/C8H17NO3/c1-10-3-4-12-9-7-5-8(6-7)11-2/h7-9H,3-6H2,1-2H3. The highest BCUT2D eigenvalue weighted by atomic mass is 16.7. The van der Waals surface area contributed by atoms with Crippen LogP contribution in [0, 0.1) is 0 Å². The normalized spacial score (nSPS) is 28.5. The Morgan fingerprint density at radius 3 is 2.58 bits per heavy atom. The Kier molecular flexibility index (Phi) is 4.53. The second-order valence-electron chi connectivity index (χ2n) is 2.99. The van der Waals surface area contributed by atoms with Gasteiger partial charge >= 0.3 is 0 Å².